The molecule has 2 nitrogen and oxygen atoms in total. The van der Waals surface area contributed by atoms with E-state index in [2.05, 4.69) is 78.5 Å². The maximum Gasteiger partial charge on any atom is 0.0765 e. The average Bonchev–Trinajstić information content (AvgIpc) is 2.73. The molecule has 1 heterocycles. The molecule has 23 heavy (non-hydrogen) atoms. The van der Waals surface area contributed by atoms with Crippen LogP contribution < -0.4 is 4.90 Å². The highest BCUT2D eigenvalue weighted by Crippen LogP contribution is 2.57. The van der Waals surface area contributed by atoms with E-state index in [9.17, 15) is 5.11 Å². The predicted molar refractivity (Wildman–Crippen MR) is 100 cm³/mol. The summed E-state index contributed by atoms with van der Waals surface area (Å²) in [7, 11) is 0. The second-order valence-electron chi connectivity index (χ2n) is 9.55. The molecule has 2 heteroatoms. The molecule has 0 spiro atoms. The first kappa shape index (κ1) is 18.3. The molecule has 1 N–H and O–H groups in total. The Hall–Kier alpha value is -1.02. The maximum absolute atomic E-state index is 10.4. The van der Waals surface area contributed by atoms with E-state index in [1.165, 1.54) is 11.3 Å². The minimum absolute atomic E-state index is 0.0309. The standard InChI is InChI=1S/C21H35NO/c1-14(2)21(19(4,5)6)13-22(20(7,8)9)17-12-10-11-16(15(3)23)18(17)21/h10-12,14-15,23H,13H2,1-9H3. The number of hydrogen-bond acceptors (Lipinski definition) is 2. The summed E-state index contributed by atoms with van der Waals surface area (Å²) >= 11 is 0. The van der Waals surface area contributed by atoms with Gasteiger partial charge in [-0.2, -0.15) is 0 Å². The highest BCUT2D eigenvalue weighted by molar-refractivity contribution is 5.68. The SMILES string of the molecule is CC(O)c1cccc2c1C(C(C)C)(C(C)(C)C)CN2C(C)(C)C. The molecule has 1 aliphatic rings. The lowest BCUT2D eigenvalue weighted by Crippen LogP contribution is -2.52. The number of aliphatic hydroxyl groups is 1. The third-order valence-electron chi connectivity index (χ3n) is 5.80. The Balaban J connectivity index is 2.86. The van der Waals surface area contributed by atoms with Gasteiger partial charge in [0.25, 0.3) is 0 Å². The van der Waals surface area contributed by atoms with Crippen molar-refractivity contribution in [3.63, 3.8) is 0 Å². The van der Waals surface area contributed by atoms with Crippen LogP contribution in [0.2, 0.25) is 0 Å². The van der Waals surface area contributed by atoms with Crippen LogP contribution >= 0.6 is 0 Å². The Morgan fingerprint density at radius 3 is 2.00 bits per heavy atom. The summed E-state index contributed by atoms with van der Waals surface area (Å²) in [5.74, 6) is 0.494. The zero-order chi connectivity index (χ0) is 17.8. The molecule has 0 radical (unpaired) electrons. The van der Waals surface area contributed by atoms with Gasteiger partial charge in [-0.3, -0.25) is 0 Å². The van der Waals surface area contributed by atoms with Crippen molar-refractivity contribution in [3.05, 3.63) is 29.3 Å². The van der Waals surface area contributed by atoms with Gasteiger partial charge in [-0.25, -0.2) is 0 Å². The van der Waals surface area contributed by atoms with E-state index in [4.69, 9.17) is 0 Å². The van der Waals surface area contributed by atoms with Gasteiger partial charge in [0.2, 0.25) is 0 Å². The predicted octanol–water partition coefficient (Wildman–Crippen LogP) is 5.30. The average molecular weight is 318 g/mol. The van der Waals surface area contributed by atoms with Crippen molar-refractivity contribution in [2.24, 2.45) is 11.3 Å². The minimum atomic E-state index is -0.439. The summed E-state index contributed by atoms with van der Waals surface area (Å²) in [5, 5.41) is 10.4. The third-order valence-corrected chi connectivity index (χ3v) is 5.80. The fraction of sp³-hybridized carbons (Fsp3) is 0.714. The number of benzene rings is 1. The van der Waals surface area contributed by atoms with Crippen LogP contribution in [0.4, 0.5) is 5.69 Å². The third kappa shape index (κ3) is 2.69. The van der Waals surface area contributed by atoms with Crippen LogP contribution in [0, 0.1) is 11.3 Å². The van der Waals surface area contributed by atoms with Gasteiger partial charge in [0.1, 0.15) is 0 Å². The maximum atomic E-state index is 10.4. The van der Waals surface area contributed by atoms with Crippen molar-refractivity contribution in [1.29, 1.82) is 0 Å². The van der Waals surface area contributed by atoms with Gasteiger partial charge in [0.05, 0.1) is 6.10 Å². The van der Waals surface area contributed by atoms with Crippen LogP contribution in [0.5, 0.6) is 0 Å². The van der Waals surface area contributed by atoms with Crippen LogP contribution in [0.25, 0.3) is 0 Å². The summed E-state index contributed by atoms with van der Waals surface area (Å²) in [6.07, 6.45) is -0.439. The number of fused-ring (bicyclic) bond motifs is 1. The molecule has 0 amide bonds. The topological polar surface area (TPSA) is 23.5 Å². The monoisotopic (exact) mass is 317 g/mol. The van der Waals surface area contributed by atoms with Gasteiger partial charge < -0.3 is 10.0 Å². The van der Waals surface area contributed by atoms with E-state index in [1.54, 1.807) is 0 Å². The van der Waals surface area contributed by atoms with Crippen molar-refractivity contribution in [3.8, 4) is 0 Å². The zero-order valence-corrected chi connectivity index (χ0v) is 16.5. The first-order chi connectivity index (χ1) is 10.3. The molecule has 2 rings (SSSR count). The van der Waals surface area contributed by atoms with Gasteiger partial charge in [0.15, 0.2) is 0 Å². The molecule has 0 fully saturated rings. The summed E-state index contributed by atoms with van der Waals surface area (Å²) in [6, 6.07) is 6.44. The molecule has 0 bridgehead atoms. The molecular weight excluding hydrogens is 282 g/mol. The molecule has 2 atom stereocenters. The van der Waals surface area contributed by atoms with Crippen molar-refractivity contribution in [2.45, 2.75) is 79.4 Å². The van der Waals surface area contributed by atoms with Gasteiger partial charge in [-0.05, 0) is 56.2 Å². The van der Waals surface area contributed by atoms with Gasteiger partial charge in [-0.15, -0.1) is 0 Å². The van der Waals surface area contributed by atoms with E-state index in [-0.39, 0.29) is 16.4 Å². The zero-order valence-electron chi connectivity index (χ0n) is 16.5. The Kier molecular flexibility index (Phi) is 4.39. The minimum Gasteiger partial charge on any atom is -0.389 e. The number of anilines is 1. The van der Waals surface area contributed by atoms with E-state index >= 15 is 0 Å². The molecule has 0 saturated heterocycles. The normalized spacial score (nSPS) is 23.3. The smallest absolute Gasteiger partial charge is 0.0765 e. The summed E-state index contributed by atoms with van der Waals surface area (Å²) in [4.78, 5) is 2.54. The van der Waals surface area contributed by atoms with Crippen LogP contribution in [-0.4, -0.2) is 17.2 Å². The largest absolute Gasteiger partial charge is 0.389 e. The molecule has 1 aromatic carbocycles. The Bertz CT molecular complexity index is 574. The lowest BCUT2D eigenvalue weighted by atomic mass is 9.57. The molecule has 0 saturated carbocycles. The first-order valence-corrected chi connectivity index (χ1v) is 8.93. The number of rotatable bonds is 2. The van der Waals surface area contributed by atoms with Crippen molar-refractivity contribution >= 4 is 5.69 Å². The number of aliphatic hydroxyl groups excluding tert-OH is 1. The Morgan fingerprint density at radius 1 is 1.04 bits per heavy atom. The van der Waals surface area contributed by atoms with Crippen molar-refractivity contribution < 1.29 is 5.11 Å². The van der Waals surface area contributed by atoms with E-state index < -0.39 is 6.10 Å². The van der Waals surface area contributed by atoms with Crippen LogP contribution in [0.15, 0.2) is 18.2 Å². The van der Waals surface area contributed by atoms with Gasteiger partial charge in [-0.1, -0.05) is 46.8 Å². The fourth-order valence-electron chi connectivity index (χ4n) is 4.58. The molecule has 1 aliphatic heterocycles. The first-order valence-electron chi connectivity index (χ1n) is 8.93. The van der Waals surface area contributed by atoms with E-state index in [1.807, 2.05) is 6.92 Å². The van der Waals surface area contributed by atoms with Crippen LogP contribution in [0.3, 0.4) is 0 Å². The quantitative estimate of drug-likeness (QED) is 0.800. The second-order valence-corrected chi connectivity index (χ2v) is 9.55. The molecule has 2 unspecified atom stereocenters. The summed E-state index contributed by atoms with van der Waals surface area (Å²) in [5.41, 5.74) is 3.97. The van der Waals surface area contributed by atoms with Crippen LogP contribution in [0.1, 0.15) is 79.5 Å². The van der Waals surface area contributed by atoms with E-state index in [0.717, 1.165) is 12.1 Å². The highest BCUT2D eigenvalue weighted by Gasteiger charge is 2.55. The van der Waals surface area contributed by atoms with E-state index in [0.29, 0.717) is 5.92 Å². The summed E-state index contributed by atoms with van der Waals surface area (Å²) in [6.45, 7) is 21.5. The Morgan fingerprint density at radius 2 is 1.61 bits per heavy atom. The fourth-order valence-corrected chi connectivity index (χ4v) is 4.58. The molecular formula is C21H35NO. The summed E-state index contributed by atoms with van der Waals surface area (Å²) < 4.78 is 0. The van der Waals surface area contributed by atoms with Gasteiger partial charge in [0, 0.05) is 23.2 Å². The lowest BCUT2D eigenvalue weighted by Gasteiger charge is -2.48. The van der Waals surface area contributed by atoms with Crippen LogP contribution in [-0.2, 0) is 5.41 Å². The highest BCUT2D eigenvalue weighted by atomic mass is 16.3. The Labute approximate surface area is 142 Å². The van der Waals surface area contributed by atoms with Crippen molar-refractivity contribution in [2.75, 3.05) is 11.4 Å². The molecule has 0 aliphatic carbocycles. The lowest BCUT2D eigenvalue weighted by molar-refractivity contribution is 0.127. The molecule has 130 valence electrons. The number of nitrogens with zero attached hydrogens (tertiary/aromatic N) is 1. The number of hydrogen-bond donors (Lipinski definition) is 1. The van der Waals surface area contributed by atoms with Crippen molar-refractivity contribution in [1.82, 2.24) is 0 Å². The molecule has 1 aromatic rings. The van der Waals surface area contributed by atoms with Gasteiger partial charge >= 0.3 is 0 Å². The molecule has 0 aromatic heterocycles. The second kappa shape index (κ2) is 5.51.